The van der Waals surface area contributed by atoms with Crippen LogP contribution in [-0.4, -0.2) is 67.0 Å². The van der Waals surface area contributed by atoms with Crippen molar-refractivity contribution in [1.29, 1.82) is 0 Å². The minimum atomic E-state index is -0.627. The molecule has 228 valence electrons. The second-order valence-corrected chi connectivity index (χ2v) is 11.2. The lowest BCUT2D eigenvalue weighted by Gasteiger charge is -2.24. The molecule has 0 heterocycles. The van der Waals surface area contributed by atoms with Gasteiger partial charge in [0.05, 0.1) is 31.8 Å². The highest BCUT2D eigenvalue weighted by Crippen LogP contribution is 2.15. The van der Waals surface area contributed by atoms with Crippen LogP contribution in [0.15, 0.2) is 60.7 Å². The number of carbonyl (C=O) groups is 4. The van der Waals surface area contributed by atoms with Gasteiger partial charge in [-0.3, -0.25) is 19.2 Å². The number of aryl methyl sites for hydroxylation is 1. The lowest BCUT2D eigenvalue weighted by Crippen LogP contribution is -2.45. The summed E-state index contributed by atoms with van der Waals surface area (Å²) in [4.78, 5) is 52.5. The van der Waals surface area contributed by atoms with Crippen LogP contribution in [0.5, 0.6) is 0 Å². The number of ether oxygens (including phenoxy) is 2. The Labute approximate surface area is 249 Å². The van der Waals surface area contributed by atoms with E-state index >= 15 is 0 Å². The van der Waals surface area contributed by atoms with E-state index in [1.54, 1.807) is 47.0 Å². The fraction of sp³-hybridized carbons (Fsp3) is 0.455. The van der Waals surface area contributed by atoms with Gasteiger partial charge in [0.2, 0.25) is 17.7 Å². The van der Waals surface area contributed by atoms with Gasteiger partial charge in [-0.2, -0.15) is 0 Å². The molecule has 0 spiro atoms. The quantitative estimate of drug-likeness (QED) is 0.184. The first kappa shape index (κ1) is 34.2. The summed E-state index contributed by atoms with van der Waals surface area (Å²) in [5, 5.41) is 5.76. The van der Waals surface area contributed by atoms with E-state index < -0.39 is 17.6 Å². The molecule has 2 rings (SSSR count). The van der Waals surface area contributed by atoms with E-state index in [0.717, 1.165) is 22.4 Å². The zero-order chi connectivity index (χ0) is 31.1. The topological polar surface area (TPSA) is 114 Å². The molecule has 0 saturated carbocycles. The number of hydrogen-bond acceptors (Lipinski definition) is 6. The van der Waals surface area contributed by atoms with Crippen molar-refractivity contribution in [2.45, 2.75) is 71.9 Å². The van der Waals surface area contributed by atoms with Gasteiger partial charge in [0, 0.05) is 25.9 Å². The van der Waals surface area contributed by atoms with Crippen LogP contribution in [0.2, 0.25) is 0 Å². The number of benzene rings is 2. The lowest BCUT2D eigenvalue weighted by molar-refractivity contribution is -0.155. The molecule has 42 heavy (non-hydrogen) atoms. The van der Waals surface area contributed by atoms with Crippen molar-refractivity contribution in [2.75, 3.05) is 32.1 Å². The van der Waals surface area contributed by atoms with E-state index in [2.05, 4.69) is 10.6 Å². The van der Waals surface area contributed by atoms with E-state index in [0.29, 0.717) is 19.6 Å². The van der Waals surface area contributed by atoms with E-state index in [9.17, 15) is 19.2 Å². The van der Waals surface area contributed by atoms with Crippen molar-refractivity contribution >= 4 is 29.4 Å². The maximum atomic E-state index is 13.2. The number of para-hydroxylation sites is 1. The molecule has 1 atom stereocenters. The number of methoxy groups -OCH3 is 1. The average molecular weight is 580 g/mol. The molecule has 0 aliphatic carbocycles. The second kappa shape index (κ2) is 17.1. The maximum absolute atomic E-state index is 13.2. The number of nitrogens with zero attached hydrogens (tertiary/aromatic N) is 1. The third-order valence-corrected chi connectivity index (χ3v) is 6.20. The van der Waals surface area contributed by atoms with Gasteiger partial charge in [0.15, 0.2) is 0 Å². The zero-order valence-electron chi connectivity index (χ0n) is 25.7. The van der Waals surface area contributed by atoms with Gasteiger partial charge in [-0.1, -0.05) is 54.6 Å². The van der Waals surface area contributed by atoms with Crippen LogP contribution in [-0.2, 0) is 41.5 Å². The standard InChI is InChI=1S/C33H45N3O6/c1-7-11-27(22-32(40)42-33(3,4)5)34-30(38)23-36(18-10-19-41-6)31(39)21-26-16-14-25(15-17-26)20-29(37)35-28-13-9-8-12-24(28)2/h7-9,11-17,27H,10,18-23H2,1-6H3,(H,34,38)(H,35,37)/t27-/m1/s1. The van der Waals surface area contributed by atoms with Crippen molar-refractivity contribution in [3.63, 3.8) is 0 Å². The molecule has 0 aliphatic heterocycles. The van der Waals surface area contributed by atoms with Gasteiger partial charge < -0.3 is 25.0 Å². The SMILES string of the molecule is CC=C[C@H](CC(=O)OC(C)(C)C)NC(=O)CN(CCCOC)C(=O)Cc1ccc(CC(=O)Nc2ccccc2C)cc1. The predicted molar refractivity (Wildman–Crippen MR) is 164 cm³/mol. The van der Waals surface area contributed by atoms with Crippen LogP contribution in [0.1, 0.15) is 57.2 Å². The highest BCUT2D eigenvalue weighted by Gasteiger charge is 2.23. The summed E-state index contributed by atoms with van der Waals surface area (Å²) in [7, 11) is 1.58. The summed E-state index contributed by atoms with van der Waals surface area (Å²) in [6.07, 6.45) is 4.35. The van der Waals surface area contributed by atoms with Crippen LogP contribution in [0.4, 0.5) is 5.69 Å². The van der Waals surface area contributed by atoms with Gasteiger partial charge in [0.1, 0.15) is 5.60 Å². The number of nitrogens with one attached hydrogen (secondary N) is 2. The molecule has 0 unspecified atom stereocenters. The molecule has 2 aromatic carbocycles. The molecular formula is C33H45N3O6. The summed E-state index contributed by atoms with van der Waals surface area (Å²) in [5.41, 5.74) is 2.75. The van der Waals surface area contributed by atoms with Crippen molar-refractivity contribution in [3.05, 3.63) is 77.4 Å². The Balaban J connectivity index is 1.99. The summed E-state index contributed by atoms with van der Waals surface area (Å²) >= 11 is 0. The highest BCUT2D eigenvalue weighted by atomic mass is 16.6. The van der Waals surface area contributed by atoms with Gasteiger partial charge in [-0.25, -0.2) is 0 Å². The van der Waals surface area contributed by atoms with Crippen molar-refractivity contribution in [1.82, 2.24) is 10.2 Å². The average Bonchev–Trinajstić information content (AvgIpc) is 2.89. The monoisotopic (exact) mass is 579 g/mol. The largest absolute Gasteiger partial charge is 0.460 e. The van der Waals surface area contributed by atoms with Crippen LogP contribution in [0, 0.1) is 6.92 Å². The number of carbonyl (C=O) groups excluding carboxylic acids is 4. The molecule has 2 N–H and O–H groups in total. The van der Waals surface area contributed by atoms with Crippen LogP contribution < -0.4 is 10.6 Å². The van der Waals surface area contributed by atoms with Crippen molar-refractivity contribution < 1.29 is 28.7 Å². The van der Waals surface area contributed by atoms with Crippen LogP contribution >= 0.6 is 0 Å². The minimum absolute atomic E-state index is 0.0136. The normalized spacial score (nSPS) is 12.0. The van der Waals surface area contributed by atoms with E-state index in [1.807, 2.05) is 55.5 Å². The first-order valence-electron chi connectivity index (χ1n) is 14.2. The first-order valence-corrected chi connectivity index (χ1v) is 14.2. The molecule has 0 saturated heterocycles. The summed E-state index contributed by atoms with van der Waals surface area (Å²) < 4.78 is 10.5. The number of esters is 1. The first-order chi connectivity index (χ1) is 19.9. The molecule has 9 heteroatoms. The number of rotatable bonds is 15. The van der Waals surface area contributed by atoms with Gasteiger partial charge >= 0.3 is 5.97 Å². The summed E-state index contributed by atoms with van der Waals surface area (Å²) in [5.74, 6) is -1.12. The Morgan fingerprint density at radius 2 is 1.60 bits per heavy atom. The molecule has 2 aromatic rings. The fourth-order valence-electron chi connectivity index (χ4n) is 4.23. The molecule has 0 bridgehead atoms. The summed E-state index contributed by atoms with van der Waals surface area (Å²) in [6, 6.07) is 14.4. The van der Waals surface area contributed by atoms with E-state index in [-0.39, 0.29) is 43.5 Å². The Hall–Kier alpha value is -3.98. The number of anilines is 1. The Morgan fingerprint density at radius 1 is 0.952 bits per heavy atom. The fourth-order valence-corrected chi connectivity index (χ4v) is 4.23. The molecular weight excluding hydrogens is 534 g/mol. The molecule has 0 aromatic heterocycles. The van der Waals surface area contributed by atoms with Gasteiger partial charge in [-0.05, 0) is 63.8 Å². The lowest BCUT2D eigenvalue weighted by atomic mass is 10.1. The third-order valence-electron chi connectivity index (χ3n) is 6.20. The van der Waals surface area contributed by atoms with E-state index in [4.69, 9.17) is 9.47 Å². The molecule has 3 amide bonds. The number of amides is 3. The third kappa shape index (κ3) is 13.1. The molecule has 0 radical (unpaired) electrons. The zero-order valence-corrected chi connectivity index (χ0v) is 25.7. The van der Waals surface area contributed by atoms with Gasteiger partial charge in [-0.15, -0.1) is 0 Å². The summed E-state index contributed by atoms with van der Waals surface area (Å²) in [6.45, 7) is 9.74. The van der Waals surface area contributed by atoms with Crippen LogP contribution in [0.25, 0.3) is 0 Å². The second-order valence-electron chi connectivity index (χ2n) is 11.2. The van der Waals surface area contributed by atoms with Crippen molar-refractivity contribution in [2.24, 2.45) is 0 Å². The molecule has 9 nitrogen and oxygen atoms in total. The van der Waals surface area contributed by atoms with E-state index in [1.165, 1.54) is 4.90 Å². The predicted octanol–water partition coefficient (Wildman–Crippen LogP) is 4.38. The Morgan fingerprint density at radius 3 is 2.19 bits per heavy atom. The highest BCUT2D eigenvalue weighted by molar-refractivity contribution is 5.93. The van der Waals surface area contributed by atoms with Gasteiger partial charge in [0.25, 0.3) is 0 Å². The Kier molecular flexibility index (Phi) is 13.9. The van der Waals surface area contributed by atoms with Crippen LogP contribution in [0.3, 0.4) is 0 Å². The maximum Gasteiger partial charge on any atom is 0.308 e. The van der Waals surface area contributed by atoms with Crippen molar-refractivity contribution in [3.8, 4) is 0 Å². The molecule has 0 aliphatic rings. The molecule has 0 fully saturated rings. The number of hydrogen-bond donors (Lipinski definition) is 2. The number of allylic oxidation sites excluding steroid dienone is 1. The Bertz CT molecular complexity index is 1220. The minimum Gasteiger partial charge on any atom is -0.460 e. The smallest absolute Gasteiger partial charge is 0.308 e.